The Hall–Kier alpha value is -0.120. The molecule has 0 aliphatic carbocycles. The molecule has 0 aromatic rings. The van der Waals surface area contributed by atoms with Crippen molar-refractivity contribution in [1.82, 2.24) is 5.32 Å². The average molecular weight is 271 g/mol. The van der Waals surface area contributed by atoms with Crippen LogP contribution in [0.2, 0.25) is 0 Å². The fourth-order valence-corrected chi connectivity index (χ4v) is 2.50. The van der Waals surface area contributed by atoms with Crippen molar-refractivity contribution >= 4 is 0 Å². The van der Waals surface area contributed by atoms with Crippen LogP contribution in [-0.2, 0) is 9.47 Å². The minimum Gasteiger partial charge on any atom is -0.348 e. The molecule has 114 valence electrons. The van der Waals surface area contributed by atoms with Crippen LogP contribution in [0.3, 0.4) is 0 Å². The number of hydrogen-bond acceptors (Lipinski definition) is 3. The first kappa shape index (κ1) is 16.9. The summed E-state index contributed by atoms with van der Waals surface area (Å²) in [4.78, 5) is 0. The Morgan fingerprint density at radius 1 is 1.00 bits per heavy atom. The molecular weight excluding hydrogens is 238 g/mol. The SMILES string of the molecule is CCCCCCCCCNCC[C@H]1COC(C)(C)O1. The first-order valence-electron chi connectivity index (χ1n) is 8.16. The second kappa shape index (κ2) is 9.73. The monoisotopic (exact) mass is 271 g/mol. The van der Waals surface area contributed by atoms with Gasteiger partial charge in [0.05, 0.1) is 12.7 Å². The zero-order chi connectivity index (χ0) is 14.0. The second-order valence-corrected chi connectivity index (χ2v) is 6.11. The highest BCUT2D eigenvalue weighted by molar-refractivity contribution is 4.71. The van der Waals surface area contributed by atoms with E-state index in [-0.39, 0.29) is 11.9 Å². The van der Waals surface area contributed by atoms with Gasteiger partial charge in [-0.25, -0.2) is 0 Å². The summed E-state index contributed by atoms with van der Waals surface area (Å²) in [6.07, 6.45) is 11.0. The molecular formula is C16H33NO2. The molecule has 0 aromatic carbocycles. The Balaban J connectivity index is 1.79. The van der Waals surface area contributed by atoms with Gasteiger partial charge >= 0.3 is 0 Å². The predicted molar refractivity (Wildman–Crippen MR) is 80.4 cm³/mol. The van der Waals surface area contributed by atoms with E-state index in [9.17, 15) is 0 Å². The summed E-state index contributed by atoms with van der Waals surface area (Å²) < 4.78 is 11.3. The quantitative estimate of drug-likeness (QED) is 0.579. The summed E-state index contributed by atoms with van der Waals surface area (Å²) in [5.41, 5.74) is 0. The third-order valence-electron chi connectivity index (χ3n) is 3.67. The van der Waals surface area contributed by atoms with Crippen LogP contribution >= 0.6 is 0 Å². The molecule has 0 aromatic heterocycles. The third-order valence-corrected chi connectivity index (χ3v) is 3.67. The molecule has 3 heteroatoms. The van der Waals surface area contributed by atoms with E-state index in [4.69, 9.17) is 9.47 Å². The smallest absolute Gasteiger partial charge is 0.163 e. The highest BCUT2D eigenvalue weighted by atomic mass is 16.7. The first-order chi connectivity index (χ1) is 9.14. The lowest BCUT2D eigenvalue weighted by Gasteiger charge is -2.17. The van der Waals surface area contributed by atoms with Crippen molar-refractivity contribution in [2.45, 2.75) is 84.0 Å². The molecule has 1 aliphatic rings. The van der Waals surface area contributed by atoms with Gasteiger partial charge in [-0.3, -0.25) is 0 Å². The Morgan fingerprint density at radius 3 is 2.32 bits per heavy atom. The Kier molecular flexibility index (Phi) is 8.67. The molecule has 0 radical (unpaired) electrons. The van der Waals surface area contributed by atoms with E-state index in [1.54, 1.807) is 0 Å². The van der Waals surface area contributed by atoms with Gasteiger partial charge in [0.1, 0.15) is 0 Å². The van der Waals surface area contributed by atoms with E-state index in [0.29, 0.717) is 0 Å². The van der Waals surface area contributed by atoms with Crippen molar-refractivity contribution in [2.24, 2.45) is 0 Å². The highest BCUT2D eigenvalue weighted by Crippen LogP contribution is 2.23. The normalized spacial score (nSPS) is 21.9. The van der Waals surface area contributed by atoms with Gasteiger partial charge in [0.25, 0.3) is 0 Å². The van der Waals surface area contributed by atoms with Crippen LogP contribution in [0.4, 0.5) is 0 Å². The average Bonchev–Trinajstić information content (AvgIpc) is 2.71. The van der Waals surface area contributed by atoms with E-state index in [1.807, 2.05) is 13.8 Å². The van der Waals surface area contributed by atoms with Crippen LogP contribution in [0.5, 0.6) is 0 Å². The van der Waals surface area contributed by atoms with Crippen LogP contribution in [0, 0.1) is 0 Å². The van der Waals surface area contributed by atoms with Crippen molar-refractivity contribution < 1.29 is 9.47 Å². The molecule has 1 N–H and O–H groups in total. The van der Waals surface area contributed by atoms with Crippen molar-refractivity contribution in [2.75, 3.05) is 19.7 Å². The summed E-state index contributed by atoms with van der Waals surface area (Å²) in [5, 5.41) is 3.51. The van der Waals surface area contributed by atoms with Gasteiger partial charge < -0.3 is 14.8 Å². The van der Waals surface area contributed by atoms with Gasteiger partial charge in [-0.05, 0) is 39.8 Å². The number of rotatable bonds is 11. The maximum atomic E-state index is 5.77. The maximum Gasteiger partial charge on any atom is 0.163 e. The van der Waals surface area contributed by atoms with Crippen LogP contribution in [-0.4, -0.2) is 31.6 Å². The van der Waals surface area contributed by atoms with Gasteiger partial charge in [0, 0.05) is 0 Å². The van der Waals surface area contributed by atoms with Crippen LogP contribution in [0.15, 0.2) is 0 Å². The topological polar surface area (TPSA) is 30.5 Å². The fourth-order valence-electron chi connectivity index (χ4n) is 2.50. The van der Waals surface area contributed by atoms with Crippen molar-refractivity contribution in [3.63, 3.8) is 0 Å². The zero-order valence-corrected chi connectivity index (χ0v) is 13.2. The van der Waals surface area contributed by atoms with Crippen LogP contribution in [0.1, 0.15) is 72.1 Å². The van der Waals surface area contributed by atoms with Gasteiger partial charge in [-0.15, -0.1) is 0 Å². The molecule has 1 heterocycles. The molecule has 0 amide bonds. The number of nitrogens with one attached hydrogen (secondary N) is 1. The summed E-state index contributed by atoms with van der Waals surface area (Å²) in [6.45, 7) is 9.17. The van der Waals surface area contributed by atoms with E-state index in [1.165, 1.54) is 44.9 Å². The lowest BCUT2D eigenvalue weighted by Crippen LogP contribution is -2.25. The number of ether oxygens (including phenoxy) is 2. The summed E-state index contributed by atoms with van der Waals surface area (Å²) in [5.74, 6) is -0.372. The largest absolute Gasteiger partial charge is 0.348 e. The number of unbranched alkanes of at least 4 members (excludes halogenated alkanes) is 6. The molecule has 19 heavy (non-hydrogen) atoms. The van der Waals surface area contributed by atoms with E-state index < -0.39 is 0 Å². The second-order valence-electron chi connectivity index (χ2n) is 6.11. The standard InChI is InChI=1S/C16H33NO2/c1-4-5-6-7-8-9-10-12-17-13-11-15-14-18-16(2,3)19-15/h15,17H,4-14H2,1-3H3/t15-/m0/s1. The minimum absolute atomic E-state index is 0.275. The molecule has 1 fully saturated rings. The minimum atomic E-state index is -0.372. The molecule has 0 saturated carbocycles. The third kappa shape index (κ3) is 8.61. The zero-order valence-electron chi connectivity index (χ0n) is 13.2. The van der Waals surface area contributed by atoms with Gasteiger partial charge in [-0.2, -0.15) is 0 Å². The lowest BCUT2D eigenvalue weighted by molar-refractivity contribution is -0.138. The molecule has 1 aliphatic heterocycles. The molecule has 1 atom stereocenters. The van der Waals surface area contributed by atoms with Crippen LogP contribution in [0.25, 0.3) is 0 Å². The molecule has 3 nitrogen and oxygen atoms in total. The molecule has 1 rings (SSSR count). The van der Waals surface area contributed by atoms with Crippen molar-refractivity contribution in [1.29, 1.82) is 0 Å². The van der Waals surface area contributed by atoms with Crippen LogP contribution < -0.4 is 5.32 Å². The fraction of sp³-hybridized carbons (Fsp3) is 1.00. The molecule has 0 bridgehead atoms. The summed E-state index contributed by atoms with van der Waals surface area (Å²) >= 11 is 0. The Morgan fingerprint density at radius 2 is 1.68 bits per heavy atom. The van der Waals surface area contributed by atoms with Crippen molar-refractivity contribution in [3.05, 3.63) is 0 Å². The van der Waals surface area contributed by atoms with Gasteiger partial charge in [0.2, 0.25) is 0 Å². The molecule has 0 unspecified atom stereocenters. The van der Waals surface area contributed by atoms with E-state index in [2.05, 4.69) is 12.2 Å². The Bertz CT molecular complexity index is 219. The summed E-state index contributed by atoms with van der Waals surface area (Å²) in [6, 6.07) is 0. The lowest BCUT2D eigenvalue weighted by atomic mass is 10.1. The number of hydrogen-bond donors (Lipinski definition) is 1. The molecule has 0 spiro atoms. The van der Waals surface area contributed by atoms with E-state index in [0.717, 1.165) is 26.1 Å². The Labute approximate surface area is 119 Å². The van der Waals surface area contributed by atoms with Gasteiger partial charge in [-0.1, -0.05) is 45.4 Å². The van der Waals surface area contributed by atoms with Gasteiger partial charge in [0.15, 0.2) is 5.79 Å². The van der Waals surface area contributed by atoms with E-state index >= 15 is 0 Å². The predicted octanol–water partition coefficient (Wildman–Crippen LogP) is 3.87. The first-order valence-corrected chi connectivity index (χ1v) is 8.16. The van der Waals surface area contributed by atoms with Crippen molar-refractivity contribution in [3.8, 4) is 0 Å². The molecule has 1 saturated heterocycles. The maximum absolute atomic E-state index is 5.77. The highest BCUT2D eigenvalue weighted by Gasteiger charge is 2.31. The summed E-state index contributed by atoms with van der Waals surface area (Å²) in [7, 11) is 0.